The van der Waals surface area contributed by atoms with E-state index < -0.39 is 5.41 Å². The first-order chi connectivity index (χ1) is 9.76. The highest BCUT2D eigenvalue weighted by atomic mass is 32.1. The molecule has 20 heavy (non-hydrogen) atoms. The summed E-state index contributed by atoms with van der Waals surface area (Å²) in [5.41, 5.74) is 6.21. The lowest BCUT2D eigenvalue weighted by atomic mass is 9.68. The maximum absolute atomic E-state index is 12.5. The van der Waals surface area contributed by atoms with Crippen LogP contribution in [0.5, 0.6) is 0 Å². The van der Waals surface area contributed by atoms with E-state index in [0.717, 1.165) is 30.0 Å². The molecule has 1 aromatic carbocycles. The minimum atomic E-state index is -0.709. The second-order valence-corrected chi connectivity index (χ2v) is 6.15. The topological polar surface area (TPSA) is 55.1 Å². The van der Waals surface area contributed by atoms with Crippen LogP contribution in [0, 0.1) is 5.92 Å². The van der Waals surface area contributed by atoms with Crippen LogP contribution in [-0.4, -0.2) is 19.0 Å². The first kappa shape index (κ1) is 13.3. The SMILES string of the molecule is NC(=O)C(c1ccccc1)(c1cccs1)C1CCNC1. The highest BCUT2D eigenvalue weighted by molar-refractivity contribution is 7.10. The van der Waals surface area contributed by atoms with E-state index in [9.17, 15) is 4.79 Å². The number of amides is 1. The molecule has 2 aromatic rings. The van der Waals surface area contributed by atoms with Crippen molar-refractivity contribution < 1.29 is 4.79 Å². The Balaban J connectivity index is 2.22. The molecule has 3 N–H and O–H groups in total. The Morgan fingerprint density at radius 2 is 2.05 bits per heavy atom. The van der Waals surface area contributed by atoms with Gasteiger partial charge < -0.3 is 11.1 Å². The minimum absolute atomic E-state index is 0.209. The van der Waals surface area contributed by atoms with E-state index in [1.165, 1.54) is 0 Å². The Hall–Kier alpha value is -1.65. The number of carbonyl (C=O) groups excluding carboxylic acids is 1. The largest absolute Gasteiger partial charge is 0.369 e. The third kappa shape index (κ3) is 1.96. The Morgan fingerprint density at radius 3 is 2.60 bits per heavy atom. The van der Waals surface area contributed by atoms with Crippen LogP contribution < -0.4 is 11.1 Å². The van der Waals surface area contributed by atoms with E-state index in [-0.39, 0.29) is 11.8 Å². The van der Waals surface area contributed by atoms with Crippen molar-refractivity contribution in [2.24, 2.45) is 11.7 Å². The summed E-state index contributed by atoms with van der Waals surface area (Å²) in [6.45, 7) is 1.77. The second-order valence-electron chi connectivity index (χ2n) is 5.21. The molecule has 0 bridgehead atoms. The zero-order chi connectivity index (χ0) is 14.0. The van der Waals surface area contributed by atoms with Crippen molar-refractivity contribution in [2.45, 2.75) is 11.8 Å². The summed E-state index contributed by atoms with van der Waals surface area (Å²) >= 11 is 1.61. The number of hydrogen-bond donors (Lipinski definition) is 2. The number of hydrogen-bond acceptors (Lipinski definition) is 3. The first-order valence-corrected chi connectivity index (χ1v) is 7.74. The van der Waals surface area contributed by atoms with Crippen molar-refractivity contribution in [3.63, 3.8) is 0 Å². The fourth-order valence-corrected chi connectivity index (χ4v) is 4.30. The van der Waals surface area contributed by atoms with Crippen molar-refractivity contribution in [2.75, 3.05) is 13.1 Å². The summed E-state index contributed by atoms with van der Waals surface area (Å²) < 4.78 is 0. The average molecular weight is 286 g/mol. The van der Waals surface area contributed by atoms with E-state index in [2.05, 4.69) is 5.32 Å². The number of nitrogens with one attached hydrogen (secondary N) is 1. The zero-order valence-corrected chi connectivity index (χ0v) is 12.0. The van der Waals surface area contributed by atoms with Crippen LogP contribution in [0.15, 0.2) is 47.8 Å². The summed E-state index contributed by atoms with van der Waals surface area (Å²) in [6.07, 6.45) is 0.968. The van der Waals surface area contributed by atoms with Gasteiger partial charge in [-0.1, -0.05) is 36.4 Å². The van der Waals surface area contributed by atoms with Crippen molar-refractivity contribution in [3.05, 3.63) is 58.3 Å². The molecule has 0 aliphatic carbocycles. The van der Waals surface area contributed by atoms with Gasteiger partial charge in [0.05, 0.1) is 0 Å². The number of primary amides is 1. The molecule has 1 aliphatic heterocycles. The number of carbonyl (C=O) groups is 1. The number of benzene rings is 1. The van der Waals surface area contributed by atoms with Crippen LogP contribution in [-0.2, 0) is 10.2 Å². The van der Waals surface area contributed by atoms with Gasteiger partial charge in [-0.2, -0.15) is 0 Å². The number of thiophene rings is 1. The molecule has 3 rings (SSSR count). The van der Waals surface area contributed by atoms with E-state index in [0.29, 0.717) is 0 Å². The van der Waals surface area contributed by atoms with Crippen LogP contribution >= 0.6 is 11.3 Å². The molecule has 1 aliphatic rings. The summed E-state index contributed by atoms with van der Waals surface area (Å²) in [6, 6.07) is 14.0. The van der Waals surface area contributed by atoms with Gasteiger partial charge in [-0.25, -0.2) is 0 Å². The lowest BCUT2D eigenvalue weighted by molar-refractivity contribution is -0.123. The first-order valence-electron chi connectivity index (χ1n) is 6.86. The van der Waals surface area contributed by atoms with Crippen LogP contribution in [0.3, 0.4) is 0 Å². The van der Waals surface area contributed by atoms with E-state index in [4.69, 9.17) is 5.73 Å². The molecule has 2 unspecified atom stereocenters. The molecule has 2 heterocycles. The van der Waals surface area contributed by atoms with Crippen LogP contribution in [0.25, 0.3) is 0 Å². The van der Waals surface area contributed by atoms with Gasteiger partial charge in [0.25, 0.3) is 0 Å². The fraction of sp³-hybridized carbons (Fsp3) is 0.312. The Kier molecular flexibility index (Phi) is 3.59. The fourth-order valence-electron chi connectivity index (χ4n) is 3.27. The quantitative estimate of drug-likeness (QED) is 0.904. The molecule has 1 fully saturated rings. The molecule has 1 aromatic heterocycles. The molecule has 4 heteroatoms. The highest BCUT2D eigenvalue weighted by Gasteiger charge is 2.48. The normalized spacial score (nSPS) is 21.5. The molecule has 2 atom stereocenters. The average Bonchev–Trinajstić information content (AvgIpc) is 3.14. The number of nitrogens with two attached hydrogens (primary N) is 1. The Bertz CT molecular complexity index is 576. The van der Waals surface area contributed by atoms with Gasteiger partial charge in [-0.05, 0) is 42.4 Å². The van der Waals surface area contributed by atoms with Crippen molar-refractivity contribution in [1.82, 2.24) is 5.32 Å². The molecule has 1 saturated heterocycles. The van der Waals surface area contributed by atoms with E-state index in [1.807, 2.05) is 47.8 Å². The lowest BCUT2D eigenvalue weighted by Crippen LogP contribution is -2.48. The highest BCUT2D eigenvalue weighted by Crippen LogP contribution is 2.43. The molecule has 0 radical (unpaired) electrons. The molecular weight excluding hydrogens is 268 g/mol. The van der Waals surface area contributed by atoms with Crippen LogP contribution in [0.2, 0.25) is 0 Å². The molecular formula is C16H18N2OS. The third-order valence-electron chi connectivity index (χ3n) is 4.20. The second kappa shape index (κ2) is 5.38. The number of rotatable bonds is 4. The molecule has 104 valence electrons. The molecule has 0 spiro atoms. The minimum Gasteiger partial charge on any atom is -0.369 e. The maximum Gasteiger partial charge on any atom is 0.233 e. The van der Waals surface area contributed by atoms with Gasteiger partial charge >= 0.3 is 0 Å². The van der Waals surface area contributed by atoms with Gasteiger partial charge in [-0.15, -0.1) is 11.3 Å². The van der Waals surface area contributed by atoms with Gasteiger partial charge in [0.15, 0.2) is 0 Å². The predicted octanol–water partition coefficient (Wildman–Crippen LogP) is 2.13. The summed E-state index contributed by atoms with van der Waals surface area (Å²) in [4.78, 5) is 13.6. The summed E-state index contributed by atoms with van der Waals surface area (Å²) in [7, 11) is 0. The van der Waals surface area contributed by atoms with Gasteiger partial charge in [0.2, 0.25) is 5.91 Å². The van der Waals surface area contributed by atoms with Crippen molar-refractivity contribution in [3.8, 4) is 0 Å². The van der Waals surface area contributed by atoms with Crippen LogP contribution in [0.4, 0.5) is 0 Å². The summed E-state index contributed by atoms with van der Waals surface area (Å²) in [5.74, 6) is -0.0408. The van der Waals surface area contributed by atoms with E-state index >= 15 is 0 Å². The van der Waals surface area contributed by atoms with Gasteiger partial charge in [0, 0.05) is 4.88 Å². The maximum atomic E-state index is 12.5. The molecule has 3 nitrogen and oxygen atoms in total. The lowest BCUT2D eigenvalue weighted by Gasteiger charge is -2.35. The Labute approximate surface area is 122 Å². The van der Waals surface area contributed by atoms with Crippen molar-refractivity contribution in [1.29, 1.82) is 0 Å². The smallest absolute Gasteiger partial charge is 0.233 e. The zero-order valence-electron chi connectivity index (χ0n) is 11.2. The van der Waals surface area contributed by atoms with Crippen LogP contribution in [0.1, 0.15) is 16.9 Å². The molecule has 1 amide bonds. The van der Waals surface area contributed by atoms with Gasteiger partial charge in [-0.3, -0.25) is 4.79 Å². The monoisotopic (exact) mass is 286 g/mol. The predicted molar refractivity (Wildman–Crippen MR) is 81.7 cm³/mol. The van der Waals surface area contributed by atoms with Crippen molar-refractivity contribution >= 4 is 17.2 Å². The summed E-state index contributed by atoms with van der Waals surface area (Å²) in [5, 5.41) is 5.37. The van der Waals surface area contributed by atoms with Gasteiger partial charge in [0.1, 0.15) is 5.41 Å². The Morgan fingerprint density at radius 1 is 1.25 bits per heavy atom. The molecule has 0 saturated carbocycles. The third-order valence-corrected chi connectivity index (χ3v) is 5.21. The standard InChI is InChI=1S/C16H18N2OS/c17-15(19)16(13-8-9-18-11-13,14-7-4-10-20-14)12-5-2-1-3-6-12/h1-7,10,13,18H,8-9,11H2,(H2,17,19). The van der Waals surface area contributed by atoms with E-state index in [1.54, 1.807) is 11.3 Å².